The van der Waals surface area contributed by atoms with Gasteiger partial charge in [-0.25, -0.2) is 0 Å². The highest BCUT2D eigenvalue weighted by Gasteiger charge is 2.26. The smallest absolute Gasteiger partial charge is 0.261 e. The molecule has 30 heavy (non-hydrogen) atoms. The van der Waals surface area contributed by atoms with Crippen LogP contribution < -0.4 is 10.1 Å². The lowest BCUT2D eigenvalue weighted by molar-refractivity contribution is -0.142. The lowest BCUT2D eigenvalue weighted by Gasteiger charge is -2.29. The van der Waals surface area contributed by atoms with Crippen LogP contribution in [0.1, 0.15) is 37.5 Å². The lowest BCUT2D eigenvalue weighted by atomic mass is 10.1. The van der Waals surface area contributed by atoms with Crippen LogP contribution in [-0.4, -0.2) is 35.9 Å². The average Bonchev–Trinajstić information content (AvgIpc) is 2.67. The fourth-order valence-corrected chi connectivity index (χ4v) is 3.32. The summed E-state index contributed by atoms with van der Waals surface area (Å²) >= 11 is 6.10. The number of amides is 2. The molecule has 0 radical (unpaired) electrons. The van der Waals surface area contributed by atoms with Crippen molar-refractivity contribution in [3.05, 3.63) is 64.2 Å². The minimum absolute atomic E-state index is 0.148. The van der Waals surface area contributed by atoms with Gasteiger partial charge in [-0.3, -0.25) is 9.59 Å². The van der Waals surface area contributed by atoms with Crippen LogP contribution in [0.5, 0.6) is 5.75 Å². The predicted octanol–water partition coefficient (Wildman–Crippen LogP) is 4.53. The van der Waals surface area contributed by atoms with Gasteiger partial charge in [-0.2, -0.15) is 0 Å². The predicted molar refractivity (Wildman–Crippen MR) is 121 cm³/mol. The van der Waals surface area contributed by atoms with Gasteiger partial charge >= 0.3 is 0 Å². The van der Waals surface area contributed by atoms with Crippen molar-refractivity contribution in [2.24, 2.45) is 5.92 Å². The molecule has 2 aromatic carbocycles. The van der Waals surface area contributed by atoms with Crippen molar-refractivity contribution in [2.45, 2.75) is 47.2 Å². The number of halogens is 1. The maximum absolute atomic E-state index is 13.0. The molecule has 0 bridgehead atoms. The highest BCUT2D eigenvalue weighted by molar-refractivity contribution is 6.30. The molecule has 0 saturated heterocycles. The number of benzene rings is 2. The number of carbonyl (C=O) groups excluding carboxylic acids is 2. The summed E-state index contributed by atoms with van der Waals surface area (Å²) in [6.07, 6.45) is 0. The third-order valence-electron chi connectivity index (χ3n) is 4.65. The number of nitrogens with one attached hydrogen (secondary N) is 1. The van der Waals surface area contributed by atoms with E-state index in [2.05, 4.69) is 5.32 Å². The van der Waals surface area contributed by atoms with E-state index in [4.69, 9.17) is 16.3 Å². The number of ether oxygens (including phenoxy) is 1. The van der Waals surface area contributed by atoms with Crippen molar-refractivity contribution >= 4 is 23.4 Å². The summed E-state index contributed by atoms with van der Waals surface area (Å²) in [4.78, 5) is 27.2. The molecule has 0 unspecified atom stereocenters. The molecule has 1 atom stereocenters. The fraction of sp³-hybridized carbons (Fsp3) is 0.417. The van der Waals surface area contributed by atoms with Crippen LogP contribution >= 0.6 is 11.6 Å². The number of rotatable bonds is 9. The fourth-order valence-electron chi connectivity index (χ4n) is 3.11. The van der Waals surface area contributed by atoms with Gasteiger partial charge in [0.2, 0.25) is 5.91 Å². The molecule has 0 saturated carbocycles. The van der Waals surface area contributed by atoms with Gasteiger partial charge in [-0.05, 0) is 67.6 Å². The lowest BCUT2D eigenvalue weighted by Crippen LogP contribution is -2.49. The Bertz CT molecular complexity index is 862. The molecule has 2 aromatic rings. The average molecular weight is 431 g/mol. The SMILES string of the molecule is Cc1cc(C)cc(OCC(=O)N(Cc2cccc(Cl)c2)[C@@H](C)C(=O)NCC(C)C)c1. The van der Waals surface area contributed by atoms with Crippen LogP contribution in [0.3, 0.4) is 0 Å². The quantitative estimate of drug-likeness (QED) is 0.636. The second kappa shape index (κ2) is 11.0. The monoisotopic (exact) mass is 430 g/mol. The summed E-state index contributed by atoms with van der Waals surface area (Å²) in [5.41, 5.74) is 2.98. The molecule has 0 aliphatic rings. The van der Waals surface area contributed by atoms with Gasteiger partial charge in [0.05, 0.1) is 0 Å². The maximum atomic E-state index is 13.0. The Kier molecular flexibility index (Phi) is 8.72. The topological polar surface area (TPSA) is 58.6 Å². The summed E-state index contributed by atoms with van der Waals surface area (Å²) in [5, 5.41) is 3.49. The first-order chi connectivity index (χ1) is 14.2. The minimum atomic E-state index is -0.641. The van der Waals surface area contributed by atoms with Gasteiger partial charge in [0.15, 0.2) is 6.61 Å². The summed E-state index contributed by atoms with van der Waals surface area (Å²) in [6, 6.07) is 12.5. The molecule has 0 fully saturated rings. The Labute approximate surface area is 184 Å². The van der Waals surface area contributed by atoms with Crippen LogP contribution in [0.2, 0.25) is 5.02 Å². The van der Waals surface area contributed by atoms with Gasteiger partial charge in [0.25, 0.3) is 5.91 Å². The highest BCUT2D eigenvalue weighted by atomic mass is 35.5. The van der Waals surface area contributed by atoms with Crippen LogP contribution in [0, 0.1) is 19.8 Å². The van der Waals surface area contributed by atoms with Crippen molar-refractivity contribution < 1.29 is 14.3 Å². The number of hydrogen-bond acceptors (Lipinski definition) is 3. The molecule has 162 valence electrons. The molecule has 2 rings (SSSR count). The third kappa shape index (κ3) is 7.38. The van der Waals surface area contributed by atoms with Crippen molar-refractivity contribution in [1.82, 2.24) is 10.2 Å². The zero-order valence-corrected chi connectivity index (χ0v) is 19.1. The molecule has 0 aliphatic carbocycles. The van der Waals surface area contributed by atoms with E-state index in [1.54, 1.807) is 19.1 Å². The van der Waals surface area contributed by atoms with Gasteiger partial charge in [0.1, 0.15) is 11.8 Å². The van der Waals surface area contributed by atoms with E-state index in [-0.39, 0.29) is 25.0 Å². The second-order valence-electron chi connectivity index (χ2n) is 8.08. The number of carbonyl (C=O) groups is 2. The first kappa shape index (κ1) is 23.7. The summed E-state index contributed by atoms with van der Waals surface area (Å²) in [5.74, 6) is 0.512. The molecule has 0 heterocycles. The summed E-state index contributed by atoms with van der Waals surface area (Å²) in [6.45, 7) is 10.4. The molecular formula is C24H31ClN2O3. The molecule has 5 nitrogen and oxygen atoms in total. The van der Waals surface area contributed by atoms with Crippen molar-refractivity contribution in [3.8, 4) is 5.75 Å². The molecule has 2 amide bonds. The van der Waals surface area contributed by atoms with Crippen molar-refractivity contribution in [2.75, 3.05) is 13.2 Å². The van der Waals surface area contributed by atoms with E-state index < -0.39 is 6.04 Å². The van der Waals surface area contributed by atoms with Gasteiger partial charge in [-0.15, -0.1) is 0 Å². The van der Waals surface area contributed by atoms with Crippen LogP contribution in [0.4, 0.5) is 0 Å². The Morgan fingerprint density at radius 1 is 1.07 bits per heavy atom. The Hall–Kier alpha value is -2.53. The molecule has 6 heteroatoms. The normalized spacial score (nSPS) is 11.8. The summed E-state index contributed by atoms with van der Waals surface area (Å²) in [7, 11) is 0. The van der Waals surface area contributed by atoms with Gasteiger partial charge in [-0.1, -0.05) is 43.6 Å². The van der Waals surface area contributed by atoms with E-state index >= 15 is 0 Å². The second-order valence-corrected chi connectivity index (χ2v) is 8.52. The Morgan fingerprint density at radius 2 is 1.73 bits per heavy atom. The summed E-state index contributed by atoms with van der Waals surface area (Å²) < 4.78 is 5.75. The zero-order chi connectivity index (χ0) is 22.3. The van der Waals surface area contributed by atoms with E-state index in [9.17, 15) is 9.59 Å². The third-order valence-corrected chi connectivity index (χ3v) is 4.89. The van der Waals surface area contributed by atoms with E-state index in [1.807, 2.05) is 58.0 Å². The van der Waals surface area contributed by atoms with E-state index in [0.29, 0.717) is 23.2 Å². The molecule has 0 spiro atoms. The van der Waals surface area contributed by atoms with E-state index in [0.717, 1.165) is 16.7 Å². The maximum Gasteiger partial charge on any atom is 0.261 e. The number of hydrogen-bond donors (Lipinski definition) is 1. The number of nitrogens with zero attached hydrogens (tertiary/aromatic N) is 1. The Morgan fingerprint density at radius 3 is 2.33 bits per heavy atom. The first-order valence-corrected chi connectivity index (χ1v) is 10.6. The molecule has 0 aliphatic heterocycles. The van der Waals surface area contributed by atoms with Gasteiger partial charge < -0.3 is 15.0 Å². The standard InChI is InChI=1S/C24H31ClN2O3/c1-16(2)13-26-24(29)19(5)27(14-20-7-6-8-21(25)12-20)23(28)15-30-22-10-17(3)9-18(4)11-22/h6-12,16,19H,13-15H2,1-5H3,(H,26,29)/t19-/m0/s1. The molecule has 0 aromatic heterocycles. The Balaban J connectivity index is 2.15. The van der Waals surface area contributed by atoms with Crippen LogP contribution in [0.15, 0.2) is 42.5 Å². The highest BCUT2D eigenvalue weighted by Crippen LogP contribution is 2.18. The van der Waals surface area contributed by atoms with Gasteiger partial charge in [0, 0.05) is 18.1 Å². The first-order valence-electron chi connectivity index (χ1n) is 10.2. The molecular weight excluding hydrogens is 400 g/mol. The largest absolute Gasteiger partial charge is 0.484 e. The van der Waals surface area contributed by atoms with E-state index in [1.165, 1.54) is 4.90 Å². The molecule has 1 N–H and O–H groups in total. The zero-order valence-electron chi connectivity index (χ0n) is 18.4. The van der Waals surface area contributed by atoms with Crippen LogP contribution in [-0.2, 0) is 16.1 Å². The van der Waals surface area contributed by atoms with Crippen molar-refractivity contribution in [1.29, 1.82) is 0 Å². The minimum Gasteiger partial charge on any atom is -0.484 e. The van der Waals surface area contributed by atoms with Crippen molar-refractivity contribution in [3.63, 3.8) is 0 Å². The number of aryl methyl sites for hydroxylation is 2. The van der Waals surface area contributed by atoms with Crippen LogP contribution in [0.25, 0.3) is 0 Å².